The SMILES string of the molecule is CCOc1ccc(Br)cc1/C=C1\C(=O)Nc2ccccc21. The number of hydrogen-bond acceptors (Lipinski definition) is 2. The molecule has 1 heterocycles. The van der Waals surface area contributed by atoms with E-state index in [1.807, 2.05) is 55.5 Å². The Morgan fingerprint density at radius 1 is 1.24 bits per heavy atom. The van der Waals surface area contributed by atoms with Crippen LogP contribution in [0.1, 0.15) is 18.1 Å². The summed E-state index contributed by atoms with van der Waals surface area (Å²) in [6.07, 6.45) is 1.87. The summed E-state index contributed by atoms with van der Waals surface area (Å²) in [5, 5.41) is 2.87. The third kappa shape index (κ3) is 2.72. The molecular weight excluding hydrogens is 330 g/mol. The summed E-state index contributed by atoms with van der Waals surface area (Å²) in [6, 6.07) is 13.5. The zero-order chi connectivity index (χ0) is 14.8. The topological polar surface area (TPSA) is 38.3 Å². The lowest BCUT2D eigenvalue weighted by molar-refractivity contribution is -0.110. The van der Waals surface area contributed by atoms with E-state index in [-0.39, 0.29) is 5.91 Å². The second-order valence-electron chi connectivity index (χ2n) is 4.67. The smallest absolute Gasteiger partial charge is 0.256 e. The summed E-state index contributed by atoms with van der Waals surface area (Å²) in [7, 11) is 0. The van der Waals surface area contributed by atoms with E-state index in [0.29, 0.717) is 12.2 Å². The van der Waals surface area contributed by atoms with Gasteiger partial charge >= 0.3 is 0 Å². The second kappa shape index (κ2) is 5.74. The van der Waals surface area contributed by atoms with Crippen LogP contribution >= 0.6 is 15.9 Å². The molecule has 2 aromatic carbocycles. The third-order valence-corrected chi connectivity index (χ3v) is 3.77. The number of fused-ring (bicyclic) bond motifs is 1. The van der Waals surface area contributed by atoms with Gasteiger partial charge in [0.2, 0.25) is 0 Å². The molecule has 1 N–H and O–H groups in total. The number of ether oxygens (including phenoxy) is 1. The highest BCUT2D eigenvalue weighted by molar-refractivity contribution is 9.10. The van der Waals surface area contributed by atoms with Crippen LogP contribution in [-0.4, -0.2) is 12.5 Å². The van der Waals surface area contributed by atoms with Gasteiger partial charge in [-0.15, -0.1) is 0 Å². The maximum absolute atomic E-state index is 12.2. The van der Waals surface area contributed by atoms with Crippen molar-refractivity contribution in [2.45, 2.75) is 6.92 Å². The molecule has 0 saturated heterocycles. The average Bonchev–Trinajstić information content (AvgIpc) is 2.78. The van der Waals surface area contributed by atoms with Crippen molar-refractivity contribution >= 4 is 39.2 Å². The summed E-state index contributed by atoms with van der Waals surface area (Å²) in [5.41, 5.74) is 3.31. The molecule has 21 heavy (non-hydrogen) atoms. The van der Waals surface area contributed by atoms with Crippen LogP contribution in [0.25, 0.3) is 11.6 Å². The van der Waals surface area contributed by atoms with Crippen molar-refractivity contribution < 1.29 is 9.53 Å². The summed E-state index contributed by atoms with van der Waals surface area (Å²) < 4.78 is 6.58. The Balaban J connectivity index is 2.10. The molecule has 106 valence electrons. The zero-order valence-corrected chi connectivity index (χ0v) is 13.1. The van der Waals surface area contributed by atoms with Crippen molar-refractivity contribution in [1.29, 1.82) is 0 Å². The van der Waals surface area contributed by atoms with Gasteiger partial charge in [0.05, 0.1) is 6.61 Å². The van der Waals surface area contributed by atoms with Crippen molar-refractivity contribution in [3.8, 4) is 5.75 Å². The third-order valence-electron chi connectivity index (χ3n) is 3.28. The van der Waals surface area contributed by atoms with E-state index in [9.17, 15) is 4.79 Å². The van der Waals surface area contributed by atoms with Gasteiger partial charge in [-0.1, -0.05) is 34.1 Å². The number of para-hydroxylation sites is 1. The van der Waals surface area contributed by atoms with Crippen LogP contribution in [0, 0.1) is 0 Å². The van der Waals surface area contributed by atoms with E-state index in [1.54, 1.807) is 0 Å². The van der Waals surface area contributed by atoms with Crippen molar-refractivity contribution in [2.24, 2.45) is 0 Å². The van der Waals surface area contributed by atoms with Gasteiger partial charge in [0.1, 0.15) is 5.75 Å². The van der Waals surface area contributed by atoms with Gasteiger partial charge in [0.15, 0.2) is 0 Å². The highest BCUT2D eigenvalue weighted by Crippen LogP contribution is 2.35. The van der Waals surface area contributed by atoms with Crippen LogP contribution in [-0.2, 0) is 4.79 Å². The van der Waals surface area contributed by atoms with E-state index < -0.39 is 0 Å². The van der Waals surface area contributed by atoms with Gasteiger partial charge in [-0.25, -0.2) is 0 Å². The highest BCUT2D eigenvalue weighted by Gasteiger charge is 2.23. The molecule has 0 saturated carbocycles. The molecule has 4 heteroatoms. The standard InChI is InChI=1S/C17H14BrNO2/c1-2-21-16-8-7-12(18)9-11(16)10-14-13-5-3-4-6-15(13)19-17(14)20/h3-10H,2H2,1H3,(H,19,20)/b14-10-. The minimum absolute atomic E-state index is 0.0846. The van der Waals surface area contributed by atoms with Crippen LogP contribution < -0.4 is 10.1 Å². The Bertz CT molecular complexity index is 737. The predicted octanol–water partition coefficient (Wildman–Crippen LogP) is 4.34. The van der Waals surface area contributed by atoms with Crippen LogP contribution in [0.2, 0.25) is 0 Å². The minimum Gasteiger partial charge on any atom is -0.493 e. The molecule has 0 aromatic heterocycles. The summed E-state index contributed by atoms with van der Waals surface area (Å²) in [5.74, 6) is 0.684. The number of nitrogens with one attached hydrogen (secondary N) is 1. The normalized spacial score (nSPS) is 15.0. The predicted molar refractivity (Wildman–Crippen MR) is 88.3 cm³/mol. The monoisotopic (exact) mass is 343 g/mol. The minimum atomic E-state index is -0.0846. The van der Waals surface area contributed by atoms with E-state index >= 15 is 0 Å². The van der Waals surface area contributed by atoms with Gasteiger partial charge in [-0.2, -0.15) is 0 Å². The molecule has 0 spiro atoms. The summed E-state index contributed by atoms with van der Waals surface area (Å²) in [4.78, 5) is 12.2. The first-order valence-corrected chi connectivity index (χ1v) is 7.53. The number of carbonyl (C=O) groups excluding carboxylic acids is 1. The van der Waals surface area contributed by atoms with Crippen molar-refractivity contribution in [3.63, 3.8) is 0 Å². The Morgan fingerprint density at radius 3 is 2.86 bits per heavy atom. The Morgan fingerprint density at radius 2 is 2.05 bits per heavy atom. The molecule has 0 atom stereocenters. The van der Waals surface area contributed by atoms with Crippen molar-refractivity contribution in [3.05, 3.63) is 58.1 Å². The lowest BCUT2D eigenvalue weighted by atomic mass is 10.0. The van der Waals surface area contributed by atoms with Gasteiger partial charge < -0.3 is 10.1 Å². The lowest BCUT2D eigenvalue weighted by Crippen LogP contribution is -2.03. The first-order chi connectivity index (χ1) is 10.2. The molecule has 0 radical (unpaired) electrons. The largest absolute Gasteiger partial charge is 0.493 e. The van der Waals surface area contributed by atoms with Gasteiger partial charge in [0.25, 0.3) is 5.91 Å². The van der Waals surface area contributed by atoms with Crippen molar-refractivity contribution in [1.82, 2.24) is 0 Å². The number of rotatable bonds is 3. The molecule has 1 amide bonds. The average molecular weight is 344 g/mol. The van der Waals surface area contributed by atoms with E-state index in [4.69, 9.17) is 4.74 Å². The summed E-state index contributed by atoms with van der Waals surface area (Å²) in [6.45, 7) is 2.52. The number of halogens is 1. The molecule has 3 rings (SSSR count). The molecule has 3 nitrogen and oxygen atoms in total. The Hall–Kier alpha value is -2.07. The maximum Gasteiger partial charge on any atom is 0.256 e. The molecule has 2 aromatic rings. The maximum atomic E-state index is 12.2. The fourth-order valence-electron chi connectivity index (χ4n) is 2.36. The van der Waals surface area contributed by atoms with Crippen LogP contribution in [0.4, 0.5) is 5.69 Å². The van der Waals surface area contributed by atoms with Gasteiger partial charge in [0, 0.05) is 26.9 Å². The number of hydrogen-bond donors (Lipinski definition) is 1. The van der Waals surface area contributed by atoms with Crippen molar-refractivity contribution in [2.75, 3.05) is 11.9 Å². The molecular formula is C17H14BrNO2. The van der Waals surface area contributed by atoms with Crippen LogP contribution in [0.5, 0.6) is 5.75 Å². The molecule has 1 aliphatic rings. The second-order valence-corrected chi connectivity index (χ2v) is 5.59. The fourth-order valence-corrected chi connectivity index (χ4v) is 2.74. The zero-order valence-electron chi connectivity index (χ0n) is 11.5. The van der Waals surface area contributed by atoms with E-state index in [1.165, 1.54) is 0 Å². The van der Waals surface area contributed by atoms with Crippen LogP contribution in [0.3, 0.4) is 0 Å². The first-order valence-electron chi connectivity index (χ1n) is 6.74. The number of amides is 1. The van der Waals surface area contributed by atoms with Gasteiger partial charge in [-0.05, 0) is 37.3 Å². The molecule has 1 aliphatic heterocycles. The summed E-state index contributed by atoms with van der Waals surface area (Å²) >= 11 is 3.46. The number of carbonyl (C=O) groups is 1. The lowest BCUT2D eigenvalue weighted by Gasteiger charge is -2.08. The number of anilines is 1. The molecule has 0 bridgehead atoms. The molecule has 0 aliphatic carbocycles. The van der Waals surface area contributed by atoms with E-state index in [0.717, 1.165) is 27.0 Å². The molecule has 0 unspecified atom stereocenters. The van der Waals surface area contributed by atoms with Crippen LogP contribution in [0.15, 0.2) is 46.9 Å². The van der Waals surface area contributed by atoms with Gasteiger partial charge in [-0.3, -0.25) is 4.79 Å². The Labute approximate surface area is 131 Å². The Kier molecular flexibility index (Phi) is 3.80. The first kappa shape index (κ1) is 13.9. The quantitative estimate of drug-likeness (QED) is 0.841. The fraction of sp³-hybridized carbons (Fsp3) is 0.118. The highest BCUT2D eigenvalue weighted by atomic mass is 79.9. The molecule has 0 fully saturated rings. The van der Waals surface area contributed by atoms with E-state index in [2.05, 4.69) is 21.2 Å². The number of benzene rings is 2.